The van der Waals surface area contributed by atoms with E-state index in [1.807, 2.05) is 36.4 Å². The average molecular weight is 346 g/mol. The summed E-state index contributed by atoms with van der Waals surface area (Å²) in [5, 5.41) is 2.01. The smallest absolute Gasteiger partial charge is 0.135 e. The summed E-state index contributed by atoms with van der Waals surface area (Å²) in [7, 11) is 0. The van der Waals surface area contributed by atoms with Crippen molar-refractivity contribution in [3.8, 4) is 11.5 Å². The van der Waals surface area contributed by atoms with Crippen LogP contribution in [0.1, 0.15) is 5.56 Å². The Morgan fingerprint density at radius 3 is 2.48 bits per heavy atom. The van der Waals surface area contributed by atoms with Crippen molar-refractivity contribution in [2.75, 3.05) is 0 Å². The van der Waals surface area contributed by atoms with Gasteiger partial charge in [-0.15, -0.1) is 0 Å². The summed E-state index contributed by atoms with van der Waals surface area (Å²) in [5.41, 5.74) is 6.82. The Morgan fingerprint density at radius 2 is 1.76 bits per heavy atom. The van der Waals surface area contributed by atoms with Crippen LogP contribution in [0.2, 0.25) is 0 Å². The Bertz CT molecular complexity index is 784. The molecular formula is C17H13BrFNO. The summed E-state index contributed by atoms with van der Waals surface area (Å²) >= 11 is 3.26. The Morgan fingerprint density at radius 1 is 1.00 bits per heavy atom. The Hall–Kier alpha value is -1.91. The zero-order chi connectivity index (χ0) is 14.8. The van der Waals surface area contributed by atoms with Crippen molar-refractivity contribution in [1.29, 1.82) is 0 Å². The van der Waals surface area contributed by atoms with Crippen LogP contribution in [0.25, 0.3) is 10.8 Å². The monoisotopic (exact) mass is 345 g/mol. The van der Waals surface area contributed by atoms with Gasteiger partial charge in [0.15, 0.2) is 0 Å². The van der Waals surface area contributed by atoms with Crippen molar-refractivity contribution in [2.24, 2.45) is 5.73 Å². The van der Waals surface area contributed by atoms with E-state index in [-0.39, 0.29) is 5.82 Å². The molecule has 0 aliphatic carbocycles. The summed E-state index contributed by atoms with van der Waals surface area (Å²) in [6.07, 6.45) is 0. The molecule has 3 aromatic carbocycles. The number of halogens is 2. The Kier molecular flexibility index (Phi) is 3.90. The van der Waals surface area contributed by atoms with Gasteiger partial charge >= 0.3 is 0 Å². The fraction of sp³-hybridized carbons (Fsp3) is 0.0588. The van der Waals surface area contributed by atoms with Crippen LogP contribution in [-0.2, 0) is 6.54 Å². The maximum Gasteiger partial charge on any atom is 0.135 e. The molecule has 0 fully saturated rings. The van der Waals surface area contributed by atoms with E-state index in [0.717, 1.165) is 16.3 Å². The third-order valence-corrected chi connectivity index (χ3v) is 3.72. The number of ether oxygens (including phenoxy) is 1. The summed E-state index contributed by atoms with van der Waals surface area (Å²) < 4.78 is 19.9. The molecule has 0 aliphatic heterocycles. The third kappa shape index (κ3) is 2.91. The summed E-state index contributed by atoms with van der Waals surface area (Å²) in [4.78, 5) is 0. The minimum Gasteiger partial charge on any atom is -0.457 e. The quantitative estimate of drug-likeness (QED) is 0.725. The minimum absolute atomic E-state index is 0.345. The van der Waals surface area contributed by atoms with Crippen LogP contribution in [0, 0.1) is 5.82 Å². The van der Waals surface area contributed by atoms with Gasteiger partial charge in [-0.3, -0.25) is 0 Å². The lowest BCUT2D eigenvalue weighted by Crippen LogP contribution is -1.98. The summed E-state index contributed by atoms with van der Waals surface area (Å²) in [5.74, 6) is 0.787. The molecule has 3 aromatic rings. The van der Waals surface area contributed by atoms with Crippen LogP contribution in [0.3, 0.4) is 0 Å². The molecule has 3 rings (SSSR count). The first-order chi connectivity index (χ1) is 10.2. The standard InChI is InChI=1S/C17H13BrFNO/c18-12-7-13(19)9-14(8-12)21-17-6-5-11(10-20)15-3-1-2-4-16(15)17/h1-9H,10,20H2. The predicted octanol–water partition coefficient (Wildman–Crippen LogP) is 4.99. The van der Waals surface area contributed by atoms with E-state index < -0.39 is 0 Å². The molecule has 0 saturated carbocycles. The van der Waals surface area contributed by atoms with E-state index in [9.17, 15) is 4.39 Å². The van der Waals surface area contributed by atoms with E-state index >= 15 is 0 Å². The highest BCUT2D eigenvalue weighted by atomic mass is 79.9. The van der Waals surface area contributed by atoms with Crippen molar-refractivity contribution in [2.45, 2.75) is 6.54 Å². The van der Waals surface area contributed by atoms with Gasteiger partial charge in [-0.2, -0.15) is 0 Å². The molecule has 0 amide bonds. The van der Waals surface area contributed by atoms with Gasteiger partial charge in [0.25, 0.3) is 0 Å². The van der Waals surface area contributed by atoms with Crippen LogP contribution < -0.4 is 10.5 Å². The van der Waals surface area contributed by atoms with Gasteiger partial charge in [-0.1, -0.05) is 46.3 Å². The van der Waals surface area contributed by atoms with Gasteiger partial charge in [0, 0.05) is 22.5 Å². The number of benzene rings is 3. The maximum absolute atomic E-state index is 13.4. The molecule has 0 aliphatic rings. The first kappa shape index (κ1) is 14.0. The highest BCUT2D eigenvalue weighted by Crippen LogP contribution is 2.33. The van der Waals surface area contributed by atoms with Crippen molar-refractivity contribution >= 4 is 26.7 Å². The van der Waals surface area contributed by atoms with E-state index in [1.54, 1.807) is 6.07 Å². The lowest BCUT2D eigenvalue weighted by molar-refractivity contribution is 0.481. The average Bonchev–Trinajstić information content (AvgIpc) is 2.46. The molecule has 0 unspecified atom stereocenters. The fourth-order valence-corrected chi connectivity index (χ4v) is 2.76. The molecule has 0 spiro atoms. The predicted molar refractivity (Wildman–Crippen MR) is 86.0 cm³/mol. The molecule has 21 heavy (non-hydrogen) atoms. The van der Waals surface area contributed by atoms with Crippen molar-refractivity contribution in [1.82, 2.24) is 0 Å². The summed E-state index contributed by atoms with van der Waals surface area (Å²) in [6.45, 7) is 0.465. The Labute approximate surface area is 130 Å². The molecule has 2 N–H and O–H groups in total. The van der Waals surface area contributed by atoms with Crippen LogP contribution in [0.5, 0.6) is 11.5 Å². The highest BCUT2D eigenvalue weighted by molar-refractivity contribution is 9.10. The summed E-state index contributed by atoms with van der Waals surface area (Å²) in [6, 6.07) is 16.2. The van der Waals surface area contributed by atoms with Gasteiger partial charge < -0.3 is 10.5 Å². The number of nitrogens with two attached hydrogens (primary N) is 1. The molecule has 0 saturated heterocycles. The van der Waals surface area contributed by atoms with E-state index in [1.165, 1.54) is 12.1 Å². The van der Waals surface area contributed by atoms with Crippen molar-refractivity contribution < 1.29 is 9.13 Å². The molecule has 106 valence electrons. The highest BCUT2D eigenvalue weighted by Gasteiger charge is 2.08. The first-order valence-corrected chi connectivity index (χ1v) is 7.31. The minimum atomic E-state index is -0.345. The molecule has 0 heterocycles. The van der Waals surface area contributed by atoms with Crippen LogP contribution in [0.4, 0.5) is 4.39 Å². The second-order valence-electron chi connectivity index (χ2n) is 4.68. The SMILES string of the molecule is NCc1ccc(Oc2cc(F)cc(Br)c2)c2ccccc12. The Balaban J connectivity index is 2.09. The molecule has 0 radical (unpaired) electrons. The normalized spacial score (nSPS) is 10.8. The second kappa shape index (κ2) is 5.84. The maximum atomic E-state index is 13.4. The van der Waals surface area contributed by atoms with Crippen LogP contribution in [0.15, 0.2) is 59.1 Å². The molecule has 0 atom stereocenters. The van der Waals surface area contributed by atoms with Crippen LogP contribution >= 0.6 is 15.9 Å². The van der Waals surface area contributed by atoms with Gasteiger partial charge in [0.05, 0.1) is 0 Å². The topological polar surface area (TPSA) is 35.2 Å². The van der Waals surface area contributed by atoms with Crippen LogP contribution in [-0.4, -0.2) is 0 Å². The lowest BCUT2D eigenvalue weighted by Gasteiger charge is -2.12. The van der Waals surface area contributed by atoms with Gasteiger partial charge in [0.1, 0.15) is 17.3 Å². The number of fused-ring (bicyclic) bond motifs is 1. The number of hydrogen-bond acceptors (Lipinski definition) is 2. The first-order valence-electron chi connectivity index (χ1n) is 6.52. The van der Waals surface area contributed by atoms with Crippen molar-refractivity contribution in [3.05, 3.63) is 70.5 Å². The largest absolute Gasteiger partial charge is 0.457 e. The lowest BCUT2D eigenvalue weighted by atomic mass is 10.0. The second-order valence-corrected chi connectivity index (χ2v) is 5.60. The van der Waals surface area contributed by atoms with Gasteiger partial charge in [0.2, 0.25) is 0 Å². The van der Waals surface area contributed by atoms with Gasteiger partial charge in [-0.25, -0.2) is 4.39 Å². The molecule has 0 bridgehead atoms. The molecule has 2 nitrogen and oxygen atoms in total. The molecule has 4 heteroatoms. The number of rotatable bonds is 3. The fourth-order valence-electron chi connectivity index (χ4n) is 2.32. The molecular weight excluding hydrogens is 333 g/mol. The zero-order valence-electron chi connectivity index (χ0n) is 11.1. The van der Waals surface area contributed by atoms with Crippen molar-refractivity contribution in [3.63, 3.8) is 0 Å². The number of hydrogen-bond donors (Lipinski definition) is 1. The molecule has 0 aromatic heterocycles. The van der Waals surface area contributed by atoms with E-state index in [2.05, 4.69) is 15.9 Å². The third-order valence-electron chi connectivity index (χ3n) is 3.26. The van der Waals surface area contributed by atoms with E-state index in [4.69, 9.17) is 10.5 Å². The van der Waals surface area contributed by atoms with E-state index in [0.29, 0.717) is 22.5 Å². The zero-order valence-corrected chi connectivity index (χ0v) is 12.7. The van der Waals surface area contributed by atoms with Gasteiger partial charge in [-0.05, 0) is 29.1 Å².